The van der Waals surface area contributed by atoms with Gasteiger partial charge >= 0.3 is 0 Å². The average molecular weight is 245 g/mol. The van der Waals surface area contributed by atoms with Crippen molar-refractivity contribution in [2.45, 2.75) is 64.5 Å². The Kier molecular flexibility index (Phi) is 3.59. The van der Waals surface area contributed by atoms with Gasteiger partial charge in [0.2, 0.25) is 0 Å². The Balaban J connectivity index is 1.68. The molecule has 98 valence electrons. The van der Waals surface area contributed by atoms with Crippen LogP contribution in [0, 0.1) is 5.92 Å². The summed E-state index contributed by atoms with van der Waals surface area (Å²) in [6.45, 7) is 3.17. The van der Waals surface area contributed by atoms with Crippen LogP contribution >= 0.6 is 0 Å². The van der Waals surface area contributed by atoms with Crippen LogP contribution in [0.1, 0.15) is 56.1 Å². The van der Waals surface area contributed by atoms with Gasteiger partial charge in [-0.15, -0.1) is 0 Å². The highest BCUT2D eigenvalue weighted by atomic mass is 15.0. The Morgan fingerprint density at radius 1 is 1.28 bits per heavy atom. The molecule has 1 N–H and O–H groups in total. The first-order valence-corrected chi connectivity index (χ1v) is 7.42. The van der Waals surface area contributed by atoms with E-state index in [0.717, 1.165) is 43.6 Å². The fraction of sp³-hybridized carbons (Fsp3) is 0.733. The van der Waals surface area contributed by atoms with Gasteiger partial charge in [0.15, 0.2) is 0 Å². The normalized spacial score (nSPS) is 19.2. The maximum Gasteiger partial charge on any atom is 0.128 e. The monoisotopic (exact) mass is 245 g/mol. The molecule has 18 heavy (non-hydrogen) atoms. The van der Waals surface area contributed by atoms with E-state index in [4.69, 9.17) is 4.98 Å². The summed E-state index contributed by atoms with van der Waals surface area (Å²) < 4.78 is 0. The lowest BCUT2D eigenvalue weighted by Gasteiger charge is -2.10. The third kappa shape index (κ3) is 3.29. The molecule has 3 rings (SSSR count). The van der Waals surface area contributed by atoms with E-state index in [1.807, 2.05) is 0 Å². The van der Waals surface area contributed by atoms with Crippen LogP contribution in [0.4, 0.5) is 0 Å². The molecule has 1 aromatic rings. The molecule has 0 unspecified atom stereocenters. The van der Waals surface area contributed by atoms with Crippen LogP contribution in [0.3, 0.4) is 0 Å². The molecule has 3 heteroatoms. The van der Waals surface area contributed by atoms with Gasteiger partial charge in [0, 0.05) is 36.5 Å². The number of aromatic nitrogens is 2. The predicted molar refractivity (Wildman–Crippen MR) is 72.3 cm³/mol. The number of nitrogens with one attached hydrogen (secondary N) is 1. The molecule has 0 amide bonds. The molecule has 2 aliphatic rings. The fourth-order valence-electron chi connectivity index (χ4n) is 2.30. The second kappa shape index (κ2) is 5.35. The van der Waals surface area contributed by atoms with Crippen LogP contribution in [0.2, 0.25) is 0 Å². The summed E-state index contributed by atoms with van der Waals surface area (Å²) in [6, 6.07) is 0.755. The van der Waals surface area contributed by atoms with Crippen LogP contribution in [0.15, 0.2) is 6.20 Å². The van der Waals surface area contributed by atoms with Crippen molar-refractivity contribution in [3.05, 3.63) is 23.3 Å². The predicted octanol–water partition coefficient (Wildman–Crippen LogP) is 2.63. The molecule has 0 aliphatic heterocycles. The zero-order chi connectivity index (χ0) is 12.4. The Morgan fingerprint density at radius 2 is 2.11 bits per heavy atom. The Bertz CT molecular complexity index is 408. The minimum absolute atomic E-state index is 0.755. The molecule has 2 aliphatic carbocycles. The standard InChI is InChI=1S/C15H23N3/c1-2-3-14-12(9-16-13-6-7-13)10-17-15(18-14)8-11-4-5-11/h10-11,13,16H,2-9H2,1H3. The molecule has 1 heterocycles. The Morgan fingerprint density at radius 3 is 2.78 bits per heavy atom. The Labute approximate surface area is 109 Å². The highest BCUT2D eigenvalue weighted by molar-refractivity contribution is 5.18. The molecular weight excluding hydrogens is 222 g/mol. The lowest BCUT2D eigenvalue weighted by Crippen LogP contribution is -2.18. The number of aryl methyl sites for hydroxylation is 1. The van der Waals surface area contributed by atoms with E-state index in [1.54, 1.807) is 0 Å². The van der Waals surface area contributed by atoms with E-state index >= 15 is 0 Å². The van der Waals surface area contributed by atoms with Crippen molar-refractivity contribution < 1.29 is 0 Å². The molecule has 0 bridgehead atoms. The van der Waals surface area contributed by atoms with Gasteiger partial charge in [0.1, 0.15) is 5.82 Å². The summed E-state index contributed by atoms with van der Waals surface area (Å²) in [5.74, 6) is 1.94. The summed E-state index contributed by atoms with van der Waals surface area (Å²) in [7, 11) is 0. The molecule has 2 saturated carbocycles. The van der Waals surface area contributed by atoms with E-state index in [0.29, 0.717) is 0 Å². The third-order valence-electron chi connectivity index (χ3n) is 3.82. The molecule has 0 radical (unpaired) electrons. The first-order chi connectivity index (χ1) is 8.85. The molecule has 0 saturated heterocycles. The second-order valence-electron chi connectivity index (χ2n) is 5.81. The van der Waals surface area contributed by atoms with Gasteiger partial charge in [-0.25, -0.2) is 9.97 Å². The highest BCUT2D eigenvalue weighted by Crippen LogP contribution is 2.31. The topological polar surface area (TPSA) is 37.8 Å². The quantitative estimate of drug-likeness (QED) is 0.802. The van der Waals surface area contributed by atoms with Crippen molar-refractivity contribution >= 4 is 0 Å². The van der Waals surface area contributed by atoms with E-state index in [1.165, 1.54) is 36.9 Å². The first kappa shape index (κ1) is 12.1. The smallest absolute Gasteiger partial charge is 0.128 e. The average Bonchev–Trinajstić information content (AvgIpc) is 3.24. The molecule has 0 aromatic carbocycles. The van der Waals surface area contributed by atoms with Gasteiger partial charge < -0.3 is 5.32 Å². The lowest BCUT2D eigenvalue weighted by molar-refractivity contribution is 0.663. The van der Waals surface area contributed by atoms with Gasteiger partial charge in [-0.3, -0.25) is 0 Å². The zero-order valence-electron chi connectivity index (χ0n) is 11.3. The van der Waals surface area contributed by atoms with Crippen molar-refractivity contribution in [1.82, 2.24) is 15.3 Å². The number of rotatable bonds is 7. The lowest BCUT2D eigenvalue weighted by atomic mass is 10.1. The molecule has 2 fully saturated rings. The summed E-state index contributed by atoms with van der Waals surface area (Å²) in [6.07, 6.45) is 10.8. The van der Waals surface area contributed by atoms with Crippen molar-refractivity contribution in [3.8, 4) is 0 Å². The summed E-state index contributed by atoms with van der Waals surface area (Å²) in [5, 5.41) is 3.56. The minimum Gasteiger partial charge on any atom is -0.310 e. The maximum atomic E-state index is 4.79. The van der Waals surface area contributed by atoms with E-state index in [-0.39, 0.29) is 0 Å². The molecule has 0 spiro atoms. The molecular formula is C15H23N3. The fourth-order valence-corrected chi connectivity index (χ4v) is 2.30. The van der Waals surface area contributed by atoms with Crippen LogP contribution < -0.4 is 5.32 Å². The number of hydrogen-bond donors (Lipinski definition) is 1. The van der Waals surface area contributed by atoms with Crippen LogP contribution in [0.25, 0.3) is 0 Å². The van der Waals surface area contributed by atoms with Crippen molar-refractivity contribution in [1.29, 1.82) is 0 Å². The van der Waals surface area contributed by atoms with Crippen LogP contribution in [-0.2, 0) is 19.4 Å². The first-order valence-electron chi connectivity index (χ1n) is 7.42. The van der Waals surface area contributed by atoms with Crippen LogP contribution in [-0.4, -0.2) is 16.0 Å². The van der Waals surface area contributed by atoms with Gasteiger partial charge in [0.05, 0.1) is 0 Å². The van der Waals surface area contributed by atoms with E-state index in [2.05, 4.69) is 23.4 Å². The zero-order valence-corrected chi connectivity index (χ0v) is 11.3. The van der Waals surface area contributed by atoms with Crippen molar-refractivity contribution in [2.24, 2.45) is 5.92 Å². The van der Waals surface area contributed by atoms with E-state index < -0.39 is 0 Å². The maximum absolute atomic E-state index is 4.79. The summed E-state index contributed by atoms with van der Waals surface area (Å²) in [5.41, 5.74) is 2.58. The molecule has 0 atom stereocenters. The summed E-state index contributed by atoms with van der Waals surface area (Å²) >= 11 is 0. The number of hydrogen-bond acceptors (Lipinski definition) is 3. The summed E-state index contributed by atoms with van der Waals surface area (Å²) in [4.78, 5) is 9.34. The van der Waals surface area contributed by atoms with E-state index in [9.17, 15) is 0 Å². The van der Waals surface area contributed by atoms with Crippen molar-refractivity contribution in [2.75, 3.05) is 0 Å². The largest absolute Gasteiger partial charge is 0.310 e. The Hall–Kier alpha value is -0.960. The SMILES string of the molecule is CCCc1nc(CC2CC2)ncc1CNC1CC1. The van der Waals surface area contributed by atoms with Gasteiger partial charge in [-0.2, -0.15) is 0 Å². The molecule has 3 nitrogen and oxygen atoms in total. The molecule has 1 aromatic heterocycles. The third-order valence-corrected chi connectivity index (χ3v) is 3.82. The van der Waals surface area contributed by atoms with Gasteiger partial charge in [-0.05, 0) is 38.0 Å². The second-order valence-corrected chi connectivity index (χ2v) is 5.81. The highest BCUT2D eigenvalue weighted by Gasteiger charge is 2.24. The van der Waals surface area contributed by atoms with Crippen LogP contribution in [0.5, 0.6) is 0 Å². The number of nitrogens with zero attached hydrogens (tertiary/aromatic N) is 2. The van der Waals surface area contributed by atoms with Gasteiger partial charge in [0.25, 0.3) is 0 Å². The van der Waals surface area contributed by atoms with Gasteiger partial charge in [-0.1, -0.05) is 13.3 Å². The minimum atomic E-state index is 0.755. The van der Waals surface area contributed by atoms with Crippen molar-refractivity contribution in [3.63, 3.8) is 0 Å².